The van der Waals surface area contributed by atoms with Crippen molar-refractivity contribution >= 4 is 28.0 Å². The fourth-order valence-corrected chi connectivity index (χ4v) is 7.85. The van der Waals surface area contributed by atoms with E-state index in [1.54, 1.807) is 13.8 Å². The number of amides is 3. The Morgan fingerprint density at radius 1 is 1.23 bits per heavy atom. The van der Waals surface area contributed by atoms with Gasteiger partial charge in [0.05, 0.1) is 20.9 Å². The third-order valence-corrected chi connectivity index (χ3v) is 9.30. The van der Waals surface area contributed by atoms with E-state index >= 15 is 0 Å². The first-order valence-electron chi connectivity index (χ1n) is 14.3. The molecule has 1 aliphatic heterocycles. The van der Waals surface area contributed by atoms with Crippen molar-refractivity contribution in [2.45, 2.75) is 94.8 Å². The molecular formula is C25H40N3NaO9S. The topological polar surface area (TPSA) is 194 Å². The SMILES string of the molecule is [2H]C([2H])(OC(=O)N[C@@H](CC(C)C)C(=O)N[C@@H](C[C@H]1CCNC1=O)C(O)S(=O)(=O)[O-])C12CC3CC(CC(O)(C3)C1)C2.[Na+]. The molecule has 5 rings (SSSR count). The quantitative estimate of drug-likeness (QED) is 0.127. The van der Waals surface area contributed by atoms with Crippen LogP contribution in [0.4, 0.5) is 4.79 Å². The van der Waals surface area contributed by atoms with Gasteiger partial charge in [-0.15, -0.1) is 0 Å². The van der Waals surface area contributed by atoms with Gasteiger partial charge in [-0.3, -0.25) is 9.59 Å². The second-order valence-corrected chi connectivity index (χ2v) is 13.8. The summed E-state index contributed by atoms with van der Waals surface area (Å²) in [6.07, 6.45) is 2.16. The van der Waals surface area contributed by atoms with Crippen LogP contribution in [-0.4, -0.2) is 77.3 Å². The van der Waals surface area contributed by atoms with Gasteiger partial charge in [0.2, 0.25) is 11.8 Å². The molecule has 3 unspecified atom stereocenters. The van der Waals surface area contributed by atoms with Crippen LogP contribution >= 0.6 is 0 Å². The Balaban J connectivity index is 0.00000462. The zero-order chi connectivity index (χ0) is 29.7. The third kappa shape index (κ3) is 8.08. The number of hydrogen-bond donors (Lipinski definition) is 5. The summed E-state index contributed by atoms with van der Waals surface area (Å²) in [4.78, 5) is 38.2. The molecule has 0 aromatic carbocycles. The number of rotatable bonds is 11. The van der Waals surface area contributed by atoms with E-state index in [2.05, 4.69) is 16.0 Å². The Morgan fingerprint density at radius 3 is 2.38 bits per heavy atom. The predicted molar refractivity (Wildman–Crippen MR) is 133 cm³/mol. The molecule has 0 aromatic heterocycles. The zero-order valence-electron chi connectivity index (χ0n) is 24.8. The maximum atomic E-state index is 13.2. The molecule has 0 radical (unpaired) electrons. The van der Waals surface area contributed by atoms with Gasteiger partial charge >= 0.3 is 35.7 Å². The number of nitrogens with one attached hydrogen (secondary N) is 3. The van der Waals surface area contributed by atoms with Gasteiger partial charge in [-0.1, -0.05) is 13.8 Å². The van der Waals surface area contributed by atoms with Crippen LogP contribution in [0.2, 0.25) is 0 Å². The molecule has 6 atom stereocenters. The first kappa shape index (κ1) is 29.5. The summed E-state index contributed by atoms with van der Waals surface area (Å²) in [6, 6.07) is -2.93. The van der Waals surface area contributed by atoms with Crippen LogP contribution in [0.3, 0.4) is 0 Å². The minimum atomic E-state index is -5.25. The van der Waals surface area contributed by atoms with Gasteiger partial charge in [0, 0.05) is 17.9 Å². The number of ether oxygens (including phenoxy) is 1. The molecule has 5 aliphatic rings. The number of aliphatic hydroxyl groups excluding tert-OH is 1. The van der Waals surface area contributed by atoms with Crippen LogP contribution < -0.4 is 45.5 Å². The van der Waals surface area contributed by atoms with E-state index in [0.29, 0.717) is 38.6 Å². The minimum Gasteiger partial charge on any atom is -0.746 e. The molecule has 1 heterocycles. The number of carbonyl (C=O) groups excluding carboxylic acids is 3. The summed E-state index contributed by atoms with van der Waals surface area (Å²) < 4.78 is 57.4. The molecule has 4 bridgehead atoms. The second-order valence-electron chi connectivity index (χ2n) is 12.3. The molecule has 5 N–H and O–H groups in total. The van der Waals surface area contributed by atoms with E-state index in [-0.39, 0.29) is 66.6 Å². The summed E-state index contributed by atoms with van der Waals surface area (Å²) in [6.45, 7) is 1.43. The van der Waals surface area contributed by atoms with Crippen LogP contribution in [0, 0.1) is 29.1 Å². The van der Waals surface area contributed by atoms with E-state index in [1.165, 1.54) is 0 Å². The van der Waals surface area contributed by atoms with Crippen molar-refractivity contribution in [2.75, 3.05) is 13.1 Å². The summed E-state index contributed by atoms with van der Waals surface area (Å²) in [5.41, 5.74) is -4.54. The van der Waals surface area contributed by atoms with Gasteiger partial charge in [0.1, 0.15) is 16.2 Å². The van der Waals surface area contributed by atoms with E-state index in [4.69, 9.17) is 7.48 Å². The van der Waals surface area contributed by atoms with E-state index in [1.807, 2.05) is 0 Å². The summed E-state index contributed by atoms with van der Waals surface area (Å²) in [7, 11) is -5.25. The van der Waals surface area contributed by atoms with Crippen molar-refractivity contribution in [3.8, 4) is 0 Å². The van der Waals surface area contributed by atoms with Crippen molar-refractivity contribution in [1.82, 2.24) is 16.0 Å². The molecule has 39 heavy (non-hydrogen) atoms. The Hall–Kier alpha value is -0.960. The van der Waals surface area contributed by atoms with Crippen LogP contribution in [0.15, 0.2) is 0 Å². The van der Waals surface area contributed by atoms with Crippen LogP contribution in [-0.2, 0) is 24.4 Å². The van der Waals surface area contributed by atoms with Gasteiger partial charge < -0.3 is 35.5 Å². The zero-order valence-corrected chi connectivity index (χ0v) is 25.6. The van der Waals surface area contributed by atoms with Crippen molar-refractivity contribution in [1.29, 1.82) is 0 Å². The van der Waals surface area contributed by atoms with Crippen LogP contribution in [0.25, 0.3) is 0 Å². The molecule has 5 fully saturated rings. The van der Waals surface area contributed by atoms with E-state index in [9.17, 15) is 37.6 Å². The molecule has 4 aliphatic carbocycles. The van der Waals surface area contributed by atoms with Crippen molar-refractivity contribution in [3.05, 3.63) is 0 Å². The molecule has 14 heteroatoms. The fourth-order valence-electron chi connectivity index (χ4n) is 7.27. The van der Waals surface area contributed by atoms with Gasteiger partial charge in [-0.25, -0.2) is 13.2 Å². The van der Waals surface area contributed by atoms with Gasteiger partial charge in [-0.2, -0.15) is 0 Å². The smallest absolute Gasteiger partial charge is 0.746 e. The molecule has 216 valence electrons. The van der Waals surface area contributed by atoms with E-state index in [0.717, 1.165) is 6.42 Å². The first-order valence-corrected chi connectivity index (χ1v) is 14.8. The summed E-state index contributed by atoms with van der Waals surface area (Å²) in [5.74, 6) is -1.90. The maximum Gasteiger partial charge on any atom is 1.00 e. The van der Waals surface area contributed by atoms with Gasteiger partial charge in [0.25, 0.3) is 0 Å². The maximum absolute atomic E-state index is 13.2. The minimum absolute atomic E-state index is 0. The monoisotopic (exact) mass is 583 g/mol. The normalized spacial score (nSPS) is 34.7. The van der Waals surface area contributed by atoms with Gasteiger partial charge in [-0.05, 0) is 75.5 Å². The first-order chi connectivity index (χ1) is 18.4. The Morgan fingerprint density at radius 2 is 1.87 bits per heavy atom. The molecule has 12 nitrogen and oxygen atoms in total. The number of hydrogen-bond acceptors (Lipinski definition) is 9. The average Bonchev–Trinajstić information content (AvgIpc) is 3.18. The van der Waals surface area contributed by atoms with Crippen molar-refractivity contribution in [2.24, 2.45) is 29.1 Å². The van der Waals surface area contributed by atoms with Gasteiger partial charge in [0.15, 0.2) is 5.44 Å². The summed E-state index contributed by atoms with van der Waals surface area (Å²) >= 11 is 0. The average molecular weight is 584 g/mol. The number of alkyl carbamates (subject to hydrolysis) is 1. The Kier molecular flexibility index (Phi) is 9.46. The Bertz CT molecular complexity index is 1110. The largest absolute Gasteiger partial charge is 1.00 e. The second kappa shape index (κ2) is 12.5. The molecule has 3 amide bonds. The summed E-state index contributed by atoms with van der Waals surface area (Å²) in [5, 5.41) is 28.4. The van der Waals surface area contributed by atoms with Crippen molar-refractivity contribution in [3.63, 3.8) is 0 Å². The Labute approximate surface area is 254 Å². The van der Waals surface area contributed by atoms with E-state index < -0.39 is 69.0 Å². The van der Waals surface area contributed by atoms with Crippen LogP contribution in [0.5, 0.6) is 0 Å². The van der Waals surface area contributed by atoms with Crippen molar-refractivity contribution < 1.29 is 74.6 Å². The molecular weight excluding hydrogens is 541 g/mol. The number of carbonyl (C=O) groups is 3. The third-order valence-electron chi connectivity index (χ3n) is 8.38. The molecule has 0 aromatic rings. The van der Waals surface area contributed by atoms with Crippen LogP contribution in [0.1, 0.15) is 74.4 Å². The molecule has 4 saturated carbocycles. The fraction of sp³-hybridized carbons (Fsp3) is 0.880. The predicted octanol–water partition coefficient (Wildman–Crippen LogP) is -2.66. The number of aliphatic hydroxyl groups is 2. The molecule has 1 saturated heterocycles. The molecule has 0 spiro atoms. The standard InChI is InChI=1S/C25H41N3O9S.Na/c1-14(2)5-18(21(30)27-19(22(31)38(34,35)36)7-17-3-4-26-20(17)29)28-23(32)37-13-24-8-15-6-16(9-24)11-25(33,10-15)12-24;/h14-19,22,31,33H,3-13H2,1-2H3,(H,26,29)(H,27,30)(H,28,32)(H,34,35,36);/q;+1/p-1/t15?,16?,17-,18+,19+,22?,24?,25?;/m1./s1/i13D2;.